The summed E-state index contributed by atoms with van der Waals surface area (Å²) in [5.41, 5.74) is 0.491. The number of benzene rings is 2. The lowest BCUT2D eigenvalue weighted by atomic mass is 10.3. The molecule has 122 valence electrons. The van der Waals surface area contributed by atoms with Crippen molar-refractivity contribution in [2.24, 2.45) is 0 Å². The van der Waals surface area contributed by atoms with Crippen LogP contribution in [-0.4, -0.2) is 19.1 Å². The highest BCUT2D eigenvalue weighted by Gasteiger charge is 2.12. The van der Waals surface area contributed by atoms with Crippen molar-refractivity contribution in [1.82, 2.24) is 0 Å². The molecule has 0 aromatic heterocycles. The van der Waals surface area contributed by atoms with E-state index in [1.165, 1.54) is 30.3 Å². The van der Waals surface area contributed by atoms with E-state index < -0.39 is 18.3 Å². The molecule has 0 aliphatic carbocycles. The second-order valence-corrected chi connectivity index (χ2v) is 4.81. The Morgan fingerprint density at radius 1 is 1.17 bits per heavy atom. The minimum Gasteiger partial charge on any atom is -0.433 e. The molecule has 0 saturated heterocycles. The van der Waals surface area contributed by atoms with Crippen molar-refractivity contribution in [2.75, 3.05) is 17.2 Å². The summed E-state index contributed by atoms with van der Waals surface area (Å²) in [4.78, 5) is 11.9. The van der Waals surface area contributed by atoms with Crippen molar-refractivity contribution in [3.05, 3.63) is 53.3 Å². The first-order valence-electron chi connectivity index (χ1n) is 6.48. The highest BCUT2D eigenvalue weighted by Crippen LogP contribution is 2.26. The van der Waals surface area contributed by atoms with Gasteiger partial charge in [-0.25, -0.2) is 4.39 Å². The maximum Gasteiger partial charge on any atom is 0.387 e. The maximum atomic E-state index is 12.9. The van der Waals surface area contributed by atoms with E-state index in [9.17, 15) is 18.0 Å². The van der Waals surface area contributed by atoms with E-state index >= 15 is 0 Å². The fourth-order valence-corrected chi connectivity index (χ4v) is 2.01. The van der Waals surface area contributed by atoms with Crippen LogP contribution in [0, 0.1) is 5.82 Å². The lowest BCUT2D eigenvalue weighted by molar-refractivity contribution is -0.114. The monoisotopic (exact) mass is 344 g/mol. The molecule has 23 heavy (non-hydrogen) atoms. The Balaban J connectivity index is 1.97. The first-order chi connectivity index (χ1) is 11.0. The van der Waals surface area contributed by atoms with E-state index in [-0.39, 0.29) is 23.0 Å². The normalized spacial score (nSPS) is 10.5. The number of para-hydroxylation sites is 2. The number of carbonyl (C=O) groups is 1. The Bertz CT molecular complexity index is 698. The number of rotatable bonds is 6. The Kier molecular flexibility index (Phi) is 5.70. The topological polar surface area (TPSA) is 50.4 Å². The molecule has 0 atom stereocenters. The van der Waals surface area contributed by atoms with Gasteiger partial charge in [-0.05, 0) is 30.3 Å². The fraction of sp³-hybridized carbons (Fsp3) is 0.133. The second kappa shape index (κ2) is 7.73. The highest BCUT2D eigenvalue weighted by molar-refractivity contribution is 6.33. The minimum absolute atomic E-state index is 0.116. The average molecular weight is 345 g/mol. The number of ether oxygens (including phenoxy) is 1. The molecule has 0 radical (unpaired) electrons. The van der Waals surface area contributed by atoms with Crippen LogP contribution in [0.3, 0.4) is 0 Å². The van der Waals surface area contributed by atoms with Gasteiger partial charge in [0, 0.05) is 0 Å². The molecule has 0 saturated carbocycles. The van der Waals surface area contributed by atoms with Crippen molar-refractivity contribution in [1.29, 1.82) is 0 Å². The molecule has 1 amide bonds. The van der Waals surface area contributed by atoms with Gasteiger partial charge in [-0.15, -0.1) is 0 Å². The standard InChI is InChI=1S/C15H12ClF3N2O2/c16-10-7-9(17)5-6-11(10)20-8-14(22)21-12-3-1-2-4-13(12)23-15(18)19/h1-7,15,20H,8H2,(H,21,22). The molecule has 2 rings (SSSR count). The molecule has 0 aliphatic rings. The van der Waals surface area contributed by atoms with Crippen LogP contribution in [0.15, 0.2) is 42.5 Å². The van der Waals surface area contributed by atoms with Crippen molar-refractivity contribution in [3.8, 4) is 5.75 Å². The van der Waals surface area contributed by atoms with Crippen LogP contribution >= 0.6 is 11.6 Å². The zero-order chi connectivity index (χ0) is 16.8. The van der Waals surface area contributed by atoms with Crippen molar-refractivity contribution >= 4 is 28.9 Å². The number of nitrogens with one attached hydrogen (secondary N) is 2. The number of alkyl halides is 2. The Morgan fingerprint density at radius 2 is 1.91 bits per heavy atom. The number of carbonyl (C=O) groups excluding carboxylic acids is 1. The van der Waals surface area contributed by atoms with Gasteiger partial charge >= 0.3 is 6.61 Å². The summed E-state index contributed by atoms with van der Waals surface area (Å²) in [6.45, 7) is -3.18. The number of amides is 1. The van der Waals surface area contributed by atoms with Gasteiger partial charge in [0.15, 0.2) is 0 Å². The molecule has 4 nitrogen and oxygen atoms in total. The van der Waals surface area contributed by atoms with Crippen LogP contribution in [0.5, 0.6) is 5.75 Å². The van der Waals surface area contributed by atoms with Gasteiger partial charge in [0.2, 0.25) is 5.91 Å². The smallest absolute Gasteiger partial charge is 0.387 e. The van der Waals surface area contributed by atoms with Crippen LogP contribution in [0.25, 0.3) is 0 Å². The summed E-state index contributed by atoms with van der Waals surface area (Å²) in [6.07, 6.45) is 0. The molecule has 2 aromatic rings. The van der Waals surface area contributed by atoms with Crippen LogP contribution in [0.2, 0.25) is 5.02 Å². The Morgan fingerprint density at radius 3 is 2.61 bits per heavy atom. The van der Waals surface area contributed by atoms with Crippen LogP contribution < -0.4 is 15.4 Å². The van der Waals surface area contributed by atoms with E-state index in [4.69, 9.17) is 11.6 Å². The lowest BCUT2D eigenvalue weighted by Crippen LogP contribution is -2.22. The van der Waals surface area contributed by atoms with Gasteiger partial charge in [0.25, 0.3) is 0 Å². The number of halogens is 4. The second-order valence-electron chi connectivity index (χ2n) is 4.40. The van der Waals surface area contributed by atoms with Gasteiger partial charge < -0.3 is 15.4 Å². The quantitative estimate of drug-likeness (QED) is 0.828. The van der Waals surface area contributed by atoms with Crippen LogP contribution in [0.4, 0.5) is 24.5 Å². The Labute approximate surface area is 135 Å². The van der Waals surface area contributed by atoms with E-state index in [0.29, 0.717) is 5.69 Å². The summed E-state index contributed by atoms with van der Waals surface area (Å²) in [6, 6.07) is 9.50. The summed E-state index contributed by atoms with van der Waals surface area (Å²) >= 11 is 5.82. The Hall–Kier alpha value is -2.41. The minimum atomic E-state index is -3.00. The van der Waals surface area contributed by atoms with Crippen LogP contribution in [0.1, 0.15) is 0 Å². The first-order valence-corrected chi connectivity index (χ1v) is 6.86. The third kappa shape index (κ3) is 5.07. The largest absolute Gasteiger partial charge is 0.433 e. The van der Waals surface area contributed by atoms with Gasteiger partial charge in [0.05, 0.1) is 22.9 Å². The maximum absolute atomic E-state index is 12.9. The third-order valence-electron chi connectivity index (χ3n) is 2.75. The zero-order valence-electron chi connectivity index (χ0n) is 11.7. The summed E-state index contributed by atoms with van der Waals surface area (Å²) in [7, 11) is 0. The van der Waals surface area contributed by atoms with Crippen LogP contribution in [-0.2, 0) is 4.79 Å². The summed E-state index contributed by atoms with van der Waals surface area (Å²) in [5, 5.41) is 5.29. The fourth-order valence-electron chi connectivity index (χ4n) is 1.77. The van der Waals surface area contributed by atoms with Gasteiger partial charge in [0.1, 0.15) is 11.6 Å². The van der Waals surface area contributed by atoms with E-state index in [2.05, 4.69) is 15.4 Å². The average Bonchev–Trinajstić information content (AvgIpc) is 2.48. The number of anilines is 2. The molecular weight excluding hydrogens is 333 g/mol. The van der Waals surface area contributed by atoms with E-state index in [1.807, 2.05) is 0 Å². The number of hydrogen-bond donors (Lipinski definition) is 2. The molecule has 2 N–H and O–H groups in total. The first kappa shape index (κ1) is 17.0. The zero-order valence-corrected chi connectivity index (χ0v) is 12.4. The molecular formula is C15H12ClF3N2O2. The van der Waals surface area contributed by atoms with Crippen molar-refractivity contribution in [3.63, 3.8) is 0 Å². The molecule has 0 unspecified atom stereocenters. The van der Waals surface area contributed by atoms with Gasteiger partial charge in [-0.1, -0.05) is 23.7 Å². The van der Waals surface area contributed by atoms with Crippen molar-refractivity contribution in [2.45, 2.75) is 6.61 Å². The summed E-state index contributed by atoms with van der Waals surface area (Å²) in [5.74, 6) is -1.14. The summed E-state index contributed by atoms with van der Waals surface area (Å²) < 4.78 is 41.8. The highest BCUT2D eigenvalue weighted by atomic mass is 35.5. The predicted octanol–water partition coefficient (Wildman–Crippen LogP) is 4.13. The molecule has 2 aromatic carbocycles. The van der Waals surface area contributed by atoms with E-state index in [0.717, 1.165) is 6.07 Å². The molecule has 8 heteroatoms. The predicted molar refractivity (Wildman–Crippen MR) is 81.6 cm³/mol. The molecule has 0 fully saturated rings. The van der Waals surface area contributed by atoms with Crippen molar-refractivity contribution < 1.29 is 22.7 Å². The van der Waals surface area contributed by atoms with Gasteiger partial charge in [-0.2, -0.15) is 8.78 Å². The molecule has 0 spiro atoms. The lowest BCUT2D eigenvalue weighted by Gasteiger charge is -2.12. The molecule has 0 bridgehead atoms. The molecule has 0 aliphatic heterocycles. The molecule has 0 heterocycles. The number of hydrogen-bond acceptors (Lipinski definition) is 3. The van der Waals surface area contributed by atoms with E-state index in [1.54, 1.807) is 6.07 Å². The third-order valence-corrected chi connectivity index (χ3v) is 3.06. The SMILES string of the molecule is O=C(CNc1ccc(F)cc1Cl)Nc1ccccc1OC(F)F. The van der Waals surface area contributed by atoms with Gasteiger partial charge in [-0.3, -0.25) is 4.79 Å².